The van der Waals surface area contributed by atoms with Crippen molar-refractivity contribution in [2.24, 2.45) is 17.8 Å². The van der Waals surface area contributed by atoms with E-state index in [0.29, 0.717) is 29.4 Å². The smallest absolute Gasteiger partial charge is 0.256 e. The zero-order valence-corrected chi connectivity index (χ0v) is 16.7. The van der Waals surface area contributed by atoms with Gasteiger partial charge >= 0.3 is 0 Å². The van der Waals surface area contributed by atoms with Crippen LogP contribution in [0.25, 0.3) is 5.82 Å². The molecule has 29 heavy (non-hydrogen) atoms. The maximum absolute atomic E-state index is 13.4. The Morgan fingerprint density at radius 3 is 2.55 bits per heavy atom. The summed E-state index contributed by atoms with van der Waals surface area (Å²) in [6.45, 7) is 0. The molecule has 4 bridgehead atoms. The van der Waals surface area contributed by atoms with Crippen molar-refractivity contribution in [1.29, 1.82) is 0 Å². The van der Waals surface area contributed by atoms with E-state index >= 15 is 0 Å². The first kappa shape index (κ1) is 17.7. The highest BCUT2D eigenvalue weighted by atomic mass is 16.3. The molecular formula is C22H29N5O2. The molecule has 7 nitrogen and oxygen atoms in total. The monoisotopic (exact) mass is 395 g/mol. The third-order valence-corrected chi connectivity index (χ3v) is 7.94. The maximum Gasteiger partial charge on any atom is 0.256 e. The molecular weight excluding hydrogens is 366 g/mol. The van der Waals surface area contributed by atoms with Gasteiger partial charge in [-0.3, -0.25) is 4.79 Å². The van der Waals surface area contributed by atoms with Crippen molar-refractivity contribution in [3.8, 4) is 5.82 Å². The van der Waals surface area contributed by atoms with Crippen molar-refractivity contribution in [2.75, 3.05) is 0 Å². The molecule has 2 atom stereocenters. The lowest BCUT2D eigenvalue weighted by molar-refractivity contribution is -0.136. The van der Waals surface area contributed by atoms with Crippen LogP contribution in [0.3, 0.4) is 0 Å². The number of carbonyl (C=O) groups excluding carboxylic acids is 1. The van der Waals surface area contributed by atoms with Gasteiger partial charge in [0.05, 0.1) is 17.8 Å². The number of hydrogen-bond acceptors (Lipinski definition) is 4. The number of aliphatic hydroxyl groups is 1. The van der Waals surface area contributed by atoms with Crippen molar-refractivity contribution in [3.63, 3.8) is 0 Å². The number of aromatic nitrogens is 4. The van der Waals surface area contributed by atoms with E-state index in [1.807, 2.05) is 16.9 Å². The Morgan fingerprint density at radius 1 is 1.14 bits per heavy atom. The molecule has 1 amide bonds. The Balaban J connectivity index is 1.30. The molecule has 0 aliphatic heterocycles. The summed E-state index contributed by atoms with van der Waals surface area (Å²) in [5.41, 5.74) is 0.124. The van der Waals surface area contributed by atoms with Gasteiger partial charge in [-0.2, -0.15) is 10.2 Å². The van der Waals surface area contributed by atoms with Crippen LogP contribution >= 0.6 is 0 Å². The molecule has 5 fully saturated rings. The molecule has 2 aromatic heterocycles. The number of hydrogen-bond donors (Lipinski definition) is 2. The fraction of sp³-hybridized carbons (Fsp3) is 0.682. The quantitative estimate of drug-likeness (QED) is 0.834. The van der Waals surface area contributed by atoms with E-state index in [4.69, 9.17) is 0 Å². The van der Waals surface area contributed by atoms with Gasteiger partial charge in [0.1, 0.15) is 5.56 Å². The Bertz CT molecular complexity index is 898. The molecule has 5 aliphatic carbocycles. The van der Waals surface area contributed by atoms with Crippen LogP contribution in [-0.2, 0) is 0 Å². The molecule has 7 heteroatoms. The fourth-order valence-corrected chi connectivity index (χ4v) is 7.00. The van der Waals surface area contributed by atoms with Crippen molar-refractivity contribution < 1.29 is 9.90 Å². The lowest BCUT2D eigenvalue weighted by atomic mass is 9.52. The number of rotatable bonds is 4. The van der Waals surface area contributed by atoms with Gasteiger partial charge in [-0.25, -0.2) is 9.36 Å². The standard InChI is InChI=1S/C22H29N5O2/c28-20(25-19-15-8-14-9-16(19)12-22(29,10-14)11-15)18-13-24-27(17-4-1-2-5-17)21(18)26-7-3-6-23-26/h3,6-7,13-17,19,29H,1-2,4-5,8-12H2,(H,25,28)/t14?,15-,16-,19?,22?/m0/s1. The summed E-state index contributed by atoms with van der Waals surface area (Å²) in [6.07, 6.45) is 14.9. The van der Waals surface area contributed by atoms with Gasteiger partial charge in [0.25, 0.3) is 5.91 Å². The molecule has 7 rings (SSSR count). The van der Waals surface area contributed by atoms with E-state index in [-0.39, 0.29) is 11.9 Å². The summed E-state index contributed by atoms with van der Waals surface area (Å²) >= 11 is 0. The molecule has 0 radical (unpaired) electrons. The zero-order chi connectivity index (χ0) is 19.6. The predicted molar refractivity (Wildman–Crippen MR) is 107 cm³/mol. The molecule has 5 saturated carbocycles. The Hall–Kier alpha value is -2.15. The molecule has 0 unspecified atom stereocenters. The first-order valence-electron chi connectivity index (χ1n) is 11.2. The normalized spacial score (nSPS) is 36.0. The van der Waals surface area contributed by atoms with Gasteiger partial charge in [0.2, 0.25) is 0 Å². The number of carbonyl (C=O) groups is 1. The van der Waals surface area contributed by atoms with Gasteiger partial charge < -0.3 is 10.4 Å². The zero-order valence-electron chi connectivity index (χ0n) is 16.7. The van der Waals surface area contributed by atoms with Gasteiger partial charge in [-0.1, -0.05) is 12.8 Å². The first-order chi connectivity index (χ1) is 14.1. The van der Waals surface area contributed by atoms with Crippen LogP contribution in [0, 0.1) is 17.8 Å². The highest BCUT2D eigenvalue weighted by molar-refractivity contribution is 5.97. The molecule has 154 valence electrons. The van der Waals surface area contributed by atoms with Crippen molar-refractivity contribution >= 4 is 5.91 Å². The van der Waals surface area contributed by atoms with E-state index in [1.54, 1.807) is 17.1 Å². The molecule has 2 aromatic rings. The third-order valence-electron chi connectivity index (χ3n) is 7.94. The van der Waals surface area contributed by atoms with E-state index in [1.165, 1.54) is 12.8 Å². The second-order valence-corrected chi connectivity index (χ2v) is 9.91. The second kappa shape index (κ2) is 6.42. The Morgan fingerprint density at radius 2 is 1.90 bits per heavy atom. The Kier molecular flexibility index (Phi) is 3.92. The van der Waals surface area contributed by atoms with Gasteiger partial charge in [0.15, 0.2) is 5.82 Å². The van der Waals surface area contributed by atoms with Crippen LogP contribution in [-0.4, -0.2) is 42.2 Å². The minimum absolute atomic E-state index is 0.0517. The van der Waals surface area contributed by atoms with Crippen LogP contribution in [0.4, 0.5) is 0 Å². The summed E-state index contributed by atoms with van der Waals surface area (Å²) in [4.78, 5) is 13.4. The van der Waals surface area contributed by atoms with Crippen LogP contribution in [0.2, 0.25) is 0 Å². The topological polar surface area (TPSA) is 85.0 Å². The molecule has 0 saturated heterocycles. The molecule has 5 aliphatic rings. The van der Waals surface area contributed by atoms with Crippen LogP contribution in [0.15, 0.2) is 24.7 Å². The van der Waals surface area contributed by atoms with E-state index in [9.17, 15) is 9.90 Å². The Labute approximate surface area is 170 Å². The fourth-order valence-electron chi connectivity index (χ4n) is 7.00. The van der Waals surface area contributed by atoms with Crippen molar-refractivity contribution in [3.05, 3.63) is 30.2 Å². The van der Waals surface area contributed by atoms with E-state index in [2.05, 4.69) is 15.5 Å². The molecule has 2 heterocycles. The largest absolute Gasteiger partial charge is 0.390 e. The average Bonchev–Trinajstić information content (AvgIpc) is 3.43. The molecule has 0 aromatic carbocycles. The minimum Gasteiger partial charge on any atom is -0.390 e. The lowest BCUT2D eigenvalue weighted by Crippen LogP contribution is -2.61. The van der Waals surface area contributed by atoms with Crippen LogP contribution < -0.4 is 5.32 Å². The summed E-state index contributed by atoms with van der Waals surface area (Å²) in [5.74, 6) is 2.16. The number of nitrogens with one attached hydrogen (secondary N) is 1. The SMILES string of the molecule is O=C(NC1[C@H]2CC3C[C@H]1CC(O)(C3)C2)c1cnn(C2CCCC2)c1-n1cccn1. The van der Waals surface area contributed by atoms with E-state index in [0.717, 1.165) is 50.8 Å². The highest BCUT2D eigenvalue weighted by Gasteiger charge is 2.55. The van der Waals surface area contributed by atoms with Crippen LogP contribution in [0.1, 0.15) is 74.2 Å². The lowest BCUT2D eigenvalue weighted by Gasteiger charge is -2.58. The second-order valence-electron chi connectivity index (χ2n) is 9.91. The van der Waals surface area contributed by atoms with Crippen molar-refractivity contribution in [2.45, 2.75) is 75.5 Å². The summed E-state index contributed by atoms with van der Waals surface area (Å²) in [5, 5.41) is 23.2. The van der Waals surface area contributed by atoms with Gasteiger partial charge in [0, 0.05) is 18.4 Å². The van der Waals surface area contributed by atoms with E-state index < -0.39 is 5.60 Å². The highest BCUT2D eigenvalue weighted by Crippen LogP contribution is 2.55. The first-order valence-corrected chi connectivity index (χ1v) is 11.2. The predicted octanol–water partition coefficient (Wildman–Crippen LogP) is 2.85. The molecule has 2 N–H and O–H groups in total. The van der Waals surface area contributed by atoms with Crippen molar-refractivity contribution in [1.82, 2.24) is 24.9 Å². The average molecular weight is 396 g/mol. The summed E-state index contributed by atoms with van der Waals surface area (Å²) in [7, 11) is 0. The minimum atomic E-state index is -0.481. The summed E-state index contributed by atoms with van der Waals surface area (Å²) in [6, 6.07) is 2.39. The maximum atomic E-state index is 13.4. The van der Waals surface area contributed by atoms with Crippen LogP contribution in [0.5, 0.6) is 0 Å². The van der Waals surface area contributed by atoms with Gasteiger partial charge in [-0.05, 0) is 68.8 Å². The third kappa shape index (κ3) is 2.85. The number of amides is 1. The molecule has 0 spiro atoms. The summed E-state index contributed by atoms with van der Waals surface area (Å²) < 4.78 is 3.79. The van der Waals surface area contributed by atoms with Gasteiger partial charge in [-0.15, -0.1) is 0 Å². The number of nitrogens with zero attached hydrogens (tertiary/aromatic N) is 4.